The van der Waals surface area contributed by atoms with Gasteiger partial charge in [0.15, 0.2) is 5.11 Å². The standard InChI is InChI=1S/C22H14ClFN2O3S/c1-12-5-6-15(10-18(12)23)26-21(28)17(20(27)25-22(26)30)11-16-7-8-19(29-16)13-3-2-4-14(24)9-13/h2-11H,1H3,(H,25,27,30)/b17-11+. The van der Waals surface area contributed by atoms with Gasteiger partial charge in [-0.1, -0.05) is 29.8 Å². The molecule has 0 radical (unpaired) electrons. The Hall–Kier alpha value is -3.29. The van der Waals surface area contributed by atoms with Crippen molar-refractivity contribution in [2.24, 2.45) is 0 Å². The van der Waals surface area contributed by atoms with Gasteiger partial charge in [-0.25, -0.2) is 4.39 Å². The second kappa shape index (κ2) is 7.85. The molecule has 150 valence electrons. The van der Waals surface area contributed by atoms with Gasteiger partial charge in [0, 0.05) is 10.6 Å². The van der Waals surface area contributed by atoms with E-state index in [1.165, 1.54) is 23.1 Å². The van der Waals surface area contributed by atoms with Crippen LogP contribution in [0.3, 0.4) is 0 Å². The minimum Gasteiger partial charge on any atom is -0.457 e. The molecule has 1 N–H and O–H groups in total. The zero-order valence-electron chi connectivity index (χ0n) is 15.6. The summed E-state index contributed by atoms with van der Waals surface area (Å²) in [7, 11) is 0. The van der Waals surface area contributed by atoms with Crippen molar-refractivity contribution in [3.63, 3.8) is 0 Å². The molecule has 0 aliphatic carbocycles. The van der Waals surface area contributed by atoms with Gasteiger partial charge in [-0.05, 0) is 67.2 Å². The number of carbonyl (C=O) groups is 2. The molecule has 0 saturated carbocycles. The Labute approximate surface area is 181 Å². The van der Waals surface area contributed by atoms with Crippen LogP contribution in [0.4, 0.5) is 10.1 Å². The van der Waals surface area contributed by atoms with Gasteiger partial charge in [0.25, 0.3) is 11.8 Å². The van der Waals surface area contributed by atoms with Crippen LogP contribution in [0.25, 0.3) is 17.4 Å². The molecule has 2 heterocycles. The average Bonchev–Trinajstić information content (AvgIpc) is 3.16. The minimum atomic E-state index is -0.636. The molecule has 1 fully saturated rings. The minimum absolute atomic E-state index is 0.0398. The van der Waals surface area contributed by atoms with Crippen LogP contribution >= 0.6 is 23.8 Å². The highest BCUT2D eigenvalue weighted by Gasteiger charge is 2.35. The third-order valence-corrected chi connectivity index (χ3v) is 5.23. The molecular weight excluding hydrogens is 427 g/mol. The van der Waals surface area contributed by atoms with E-state index in [2.05, 4.69) is 5.32 Å². The van der Waals surface area contributed by atoms with Crippen LogP contribution in [0.2, 0.25) is 5.02 Å². The molecule has 5 nitrogen and oxygen atoms in total. The quantitative estimate of drug-likeness (QED) is 0.358. The number of nitrogens with one attached hydrogen (secondary N) is 1. The molecule has 0 atom stereocenters. The topological polar surface area (TPSA) is 62.6 Å². The monoisotopic (exact) mass is 440 g/mol. The van der Waals surface area contributed by atoms with Crippen LogP contribution in [-0.2, 0) is 9.59 Å². The lowest BCUT2D eigenvalue weighted by atomic mass is 10.1. The molecule has 3 aromatic rings. The number of hydrogen-bond acceptors (Lipinski definition) is 4. The molecule has 2 amide bonds. The summed E-state index contributed by atoms with van der Waals surface area (Å²) >= 11 is 11.4. The van der Waals surface area contributed by atoms with E-state index in [9.17, 15) is 14.0 Å². The summed E-state index contributed by atoms with van der Waals surface area (Å²) in [5.41, 5.74) is 1.67. The number of benzene rings is 2. The molecule has 0 unspecified atom stereocenters. The van der Waals surface area contributed by atoms with Gasteiger partial charge in [0.05, 0.1) is 5.69 Å². The fraction of sp³-hybridized carbons (Fsp3) is 0.0455. The van der Waals surface area contributed by atoms with Crippen LogP contribution in [0.15, 0.2) is 64.6 Å². The van der Waals surface area contributed by atoms with Crippen molar-refractivity contribution in [2.45, 2.75) is 6.92 Å². The maximum Gasteiger partial charge on any atom is 0.270 e. The number of nitrogens with zero attached hydrogens (tertiary/aromatic N) is 1. The van der Waals surface area contributed by atoms with E-state index >= 15 is 0 Å². The first-order valence-corrected chi connectivity index (χ1v) is 9.65. The Balaban J connectivity index is 1.68. The lowest BCUT2D eigenvalue weighted by Gasteiger charge is -2.29. The second-order valence-electron chi connectivity index (χ2n) is 6.60. The first-order valence-electron chi connectivity index (χ1n) is 8.87. The van der Waals surface area contributed by atoms with Crippen LogP contribution in [0, 0.1) is 12.7 Å². The van der Waals surface area contributed by atoms with Gasteiger partial charge >= 0.3 is 0 Å². The van der Waals surface area contributed by atoms with Crippen molar-refractivity contribution in [1.29, 1.82) is 0 Å². The van der Waals surface area contributed by atoms with E-state index in [0.717, 1.165) is 5.56 Å². The van der Waals surface area contributed by atoms with Gasteiger partial charge < -0.3 is 4.42 Å². The zero-order chi connectivity index (χ0) is 21.4. The van der Waals surface area contributed by atoms with Crippen molar-refractivity contribution in [1.82, 2.24) is 5.32 Å². The summed E-state index contributed by atoms with van der Waals surface area (Å²) in [6, 6.07) is 14.2. The summed E-state index contributed by atoms with van der Waals surface area (Å²) in [6.07, 6.45) is 1.32. The zero-order valence-corrected chi connectivity index (χ0v) is 17.2. The highest BCUT2D eigenvalue weighted by atomic mass is 35.5. The number of aryl methyl sites for hydroxylation is 1. The van der Waals surface area contributed by atoms with Crippen molar-refractivity contribution in [2.75, 3.05) is 4.90 Å². The van der Waals surface area contributed by atoms with Gasteiger partial charge in [0.2, 0.25) is 0 Å². The van der Waals surface area contributed by atoms with Crippen LogP contribution < -0.4 is 10.2 Å². The molecule has 1 aromatic heterocycles. The predicted molar refractivity (Wildman–Crippen MR) is 116 cm³/mol. The van der Waals surface area contributed by atoms with E-state index in [0.29, 0.717) is 22.0 Å². The van der Waals surface area contributed by atoms with Gasteiger partial charge in [-0.3, -0.25) is 19.8 Å². The fourth-order valence-electron chi connectivity index (χ4n) is 2.98. The molecule has 30 heavy (non-hydrogen) atoms. The number of furan rings is 1. The SMILES string of the molecule is Cc1ccc(N2C(=O)/C(=C/c3ccc(-c4cccc(F)c4)o3)C(=O)NC2=S)cc1Cl. The third-order valence-electron chi connectivity index (χ3n) is 4.54. The predicted octanol–water partition coefficient (Wildman–Crippen LogP) is 4.88. The number of carbonyl (C=O) groups excluding carboxylic acids is 2. The molecule has 0 spiro atoms. The van der Waals surface area contributed by atoms with Gasteiger partial charge in [-0.2, -0.15) is 0 Å². The third kappa shape index (κ3) is 3.77. The van der Waals surface area contributed by atoms with Gasteiger partial charge in [-0.15, -0.1) is 0 Å². The second-order valence-corrected chi connectivity index (χ2v) is 7.40. The van der Waals surface area contributed by atoms with E-state index in [1.807, 2.05) is 6.92 Å². The number of anilines is 1. The van der Waals surface area contributed by atoms with Crippen molar-refractivity contribution in [3.8, 4) is 11.3 Å². The lowest BCUT2D eigenvalue weighted by molar-refractivity contribution is -0.122. The Kier molecular flexibility index (Phi) is 5.24. The summed E-state index contributed by atoms with van der Waals surface area (Å²) in [4.78, 5) is 26.6. The normalized spacial score (nSPS) is 15.6. The summed E-state index contributed by atoms with van der Waals surface area (Å²) in [5, 5.41) is 2.93. The number of thiocarbonyl (C=S) groups is 1. The Bertz CT molecular complexity index is 1230. The molecule has 1 saturated heterocycles. The van der Waals surface area contributed by atoms with E-state index in [1.54, 1.807) is 42.5 Å². The molecule has 1 aliphatic heterocycles. The van der Waals surface area contributed by atoms with Crippen molar-refractivity contribution in [3.05, 3.63) is 82.3 Å². The molecular formula is C22H14ClFN2O3S. The van der Waals surface area contributed by atoms with Crippen molar-refractivity contribution < 1.29 is 18.4 Å². The fourth-order valence-corrected chi connectivity index (χ4v) is 3.44. The summed E-state index contributed by atoms with van der Waals surface area (Å²) in [6.45, 7) is 1.84. The Morgan fingerprint density at radius 3 is 2.67 bits per heavy atom. The van der Waals surface area contributed by atoms with Crippen LogP contribution in [-0.4, -0.2) is 16.9 Å². The Morgan fingerprint density at radius 1 is 1.13 bits per heavy atom. The highest BCUT2D eigenvalue weighted by molar-refractivity contribution is 7.80. The highest BCUT2D eigenvalue weighted by Crippen LogP contribution is 2.28. The summed E-state index contributed by atoms with van der Waals surface area (Å²) in [5.74, 6) is -0.965. The first kappa shape index (κ1) is 20.0. The van der Waals surface area contributed by atoms with Crippen molar-refractivity contribution >= 4 is 52.5 Å². The maximum absolute atomic E-state index is 13.5. The molecule has 0 bridgehead atoms. The molecule has 4 rings (SSSR count). The Morgan fingerprint density at radius 2 is 1.93 bits per heavy atom. The number of hydrogen-bond donors (Lipinski definition) is 1. The van der Waals surface area contributed by atoms with E-state index < -0.39 is 17.6 Å². The molecule has 2 aromatic carbocycles. The smallest absolute Gasteiger partial charge is 0.270 e. The largest absolute Gasteiger partial charge is 0.457 e. The first-order chi connectivity index (χ1) is 14.3. The number of amides is 2. The molecule has 1 aliphatic rings. The van der Waals surface area contributed by atoms with E-state index in [4.69, 9.17) is 28.2 Å². The average molecular weight is 441 g/mol. The maximum atomic E-state index is 13.5. The lowest BCUT2D eigenvalue weighted by Crippen LogP contribution is -2.54. The summed E-state index contributed by atoms with van der Waals surface area (Å²) < 4.78 is 19.1. The van der Waals surface area contributed by atoms with Gasteiger partial charge in [0.1, 0.15) is 22.9 Å². The number of halogens is 2. The van der Waals surface area contributed by atoms with E-state index in [-0.39, 0.29) is 16.4 Å². The van der Waals surface area contributed by atoms with Crippen LogP contribution in [0.1, 0.15) is 11.3 Å². The van der Waals surface area contributed by atoms with Crippen LogP contribution in [0.5, 0.6) is 0 Å². The molecule has 8 heteroatoms. The number of rotatable bonds is 3.